The van der Waals surface area contributed by atoms with Crippen LogP contribution in [0.1, 0.15) is 43.3 Å². The Morgan fingerprint density at radius 1 is 1.12 bits per heavy atom. The Kier molecular flexibility index (Phi) is 3.99. The van der Waals surface area contributed by atoms with Gasteiger partial charge in [-0.05, 0) is 47.2 Å². The highest BCUT2D eigenvalue weighted by atomic mass is 14.9. The van der Waals surface area contributed by atoms with Crippen molar-refractivity contribution in [2.24, 2.45) is 0 Å². The van der Waals surface area contributed by atoms with E-state index in [1.165, 1.54) is 5.56 Å². The number of aromatic amines is 1. The average molecular weight is 315 g/mol. The molecule has 0 aliphatic carbocycles. The van der Waals surface area contributed by atoms with Crippen LogP contribution in [0.4, 0.5) is 0 Å². The molecule has 0 aliphatic heterocycles. The van der Waals surface area contributed by atoms with Crippen LogP contribution in [0.2, 0.25) is 0 Å². The summed E-state index contributed by atoms with van der Waals surface area (Å²) in [4.78, 5) is 7.77. The van der Waals surface area contributed by atoms with Crippen molar-refractivity contribution in [1.29, 1.82) is 5.26 Å². The summed E-state index contributed by atoms with van der Waals surface area (Å²) >= 11 is 0. The molecule has 0 aliphatic rings. The number of nitrogens with zero attached hydrogens (tertiary/aromatic N) is 2. The minimum atomic E-state index is 0.122. The molecule has 1 N–H and O–H groups in total. The van der Waals surface area contributed by atoms with E-state index in [1.54, 1.807) is 0 Å². The molecule has 1 heterocycles. The lowest BCUT2D eigenvalue weighted by Gasteiger charge is -2.18. The normalized spacial score (nSPS) is 12.4. The van der Waals surface area contributed by atoms with Crippen LogP contribution in [-0.4, -0.2) is 9.97 Å². The van der Waals surface area contributed by atoms with E-state index in [0.29, 0.717) is 11.4 Å². The molecule has 0 saturated heterocycles. The number of hydrogen-bond acceptors (Lipinski definition) is 2. The first-order chi connectivity index (χ1) is 11.4. The second-order valence-corrected chi connectivity index (χ2v) is 7.15. The molecule has 24 heavy (non-hydrogen) atoms. The number of hydrogen-bond donors (Lipinski definition) is 1. The van der Waals surface area contributed by atoms with Gasteiger partial charge in [0.05, 0.1) is 16.6 Å². The zero-order valence-corrected chi connectivity index (χ0v) is 14.5. The van der Waals surface area contributed by atoms with Crippen LogP contribution >= 0.6 is 0 Å². The van der Waals surface area contributed by atoms with Crippen molar-refractivity contribution in [2.45, 2.75) is 33.1 Å². The third-order valence-corrected chi connectivity index (χ3v) is 4.10. The maximum absolute atomic E-state index is 9.53. The van der Waals surface area contributed by atoms with Crippen LogP contribution in [0.15, 0.2) is 42.5 Å². The van der Waals surface area contributed by atoms with Crippen molar-refractivity contribution in [3.8, 4) is 6.07 Å². The minimum Gasteiger partial charge on any atom is -0.337 e. The Morgan fingerprint density at radius 3 is 2.46 bits per heavy atom. The van der Waals surface area contributed by atoms with Crippen LogP contribution in [0.5, 0.6) is 0 Å². The van der Waals surface area contributed by atoms with Crippen LogP contribution in [0.25, 0.3) is 22.7 Å². The zero-order chi connectivity index (χ0) is 17.3. The quantitative estimate of drug-likeness (QED) is 0.658. The summed E-state index contributed by atoms with van der Waals surface area (Å²) in [5.74, 6) is 0.609. The number of rotatable bonds is 2. The maximum atomic E-state index is 9.53. The van der Waals surface area contributed by atoms with Gasteiger partial charge in [-0.2, -0.15) is 5.26 Å². The monoisotopic (exact) mass is 315 g/mol. The van der Waals surface area contributed by atoms with Gasteiger partial charge in [-0.15, -0.1) is 0 Å². The molecule has 0 unspecified atom stereocenters. The first kappa shape index (κ1) is 16.0. The van der Waals surface area contributed by atoms with Crippen molar-refractivity contribution in [3.05, 3.63) is 65.0 Å². The molecule has 3 aromatic rings. The third kappa shape index (κ3) is 3.23. The fourth-order valence-electron chi connectivity index (χ4n) is 2.65. The summed E-state index contributed by atoms with van der Waals surface area (Å²) in [5.41, 5.74) is 5.92. The lowest BCUT2D eigenvalue weighted by molar-refractivity contribution is 0.590. The summed E-state index contributed by atoms with van der Waals surface area (Å²) in [6.07, 6.45) is 1.87. The lowest BCUT2D eigenvalue weighted by atomic mass is 9.86. The summed E-state index contributed by atoms with van der Waals surface area (Å²) in [5, 5.41) is 9.53. The van der Waals surface area contributed by atoms with Gasteiger partial charge in [0.15, 0.2) is 0 Å². The second-order valence-electron chi connectivity index (χ2n) is 7.15. The van der Waals surface area contributed by atoms with Gasteiger partial charge in [-0.25, -0.2) is 4.98 Å². The predicted octanol–water partition coefficient (Wildman–Crippen LogP) is 5.23. The van der Waals surface area contributed by atoms with Gasteiger partial charge in [0.1, 0.15) is 11.9 Å². The molecule has 0 radical (unpaired) electrons. The van der Waals surface area contributed by atoms with E-state index < -0.39 is 0 Å². The van der Waals surface area contributed by atoms with Crippen molar-refractivity contribution in [3.63, 3.8) is 0 Å². The number of aryl methyl sites for hydroxylation is 1. The molecular formula is C21H21N3. The molecule has 0 fully saturated rings. The fourth-order valence-corrected chi connectivity index (χ4v) is 2.65. The van der Waals surface area contributed by atoms with Crippen molar-refractivity contribution in [2.75, 3.05) is 0 Å². The summed E-state index contributed by atoms with van der Waals surface area (Å²) in [7, 11) is 0. The first-order valence-electron chi connectivity index (χ1n) is 8.06. The number of benzene rings is 2. The molecule has 120 valence electrons. The van der Waals surface area contributed by atoms with E-state index in [2.05, 4.69) is 48.9 Å². The Morgan fingerprint density at radius 2 is 1.83 bits per heavy atom. The molecule has 0 saturated carbocycles. The topological polar surface area (TPSA) is 52.5 Å². The van der Waals surface area contributed by atoms with Crippen molar-refractivity contribution < 1.29 is 0 Å². The third-order valence-electron chi connectivity index (χ3n) is 4.10. The number of imidazole rings is 1. The van der Waals surface area contributed by atoms with Gasteiger partial charge in [-0.1, -0.05) is 51.1 Å². The number of fused-ring (bicyclic) bond motifs is 1. The molecule has 2 aromatic carbocycles. The Hall–Kier alpha value is -2.86. The molecule has 0 atom stereocenters. The number of aromatic nitrogens is 2. The largest absolute Gasteiger partial charge is 0.337 e. The molecule has 3 nitrogen and oxygen atoms in total. The minimum absolute atomic E-state index is 0.122. The molecular weight excluding hydrogens is 294 g/mol. The SMILES string of the molecule is Cc1ccc2nc(C(C#N)=Cc3ccc(C(C)(C)C)cc3)[nH]c2c1. The Labute approximate surface area is 142 Å². The zero-order valence-electron chi connectivity index (χ0n) is 14.5. The van der Waals surface area contributed by atoms with Crippen LogP contribution in [0, 0.1) is 18.3 Å². The van der Waals surface area contributed by atoms with E-state index >= 15 is 0 Å². The van der Waals surface area contributed by atoms with Crippen LogP contribution in [-0.2, 0) is 5.41 Å². The number of nitrogens with one attached hydrogen (secondary N) is 1. The van der Waals surface area contributed by atoms with Gasteiger partial charge in [0.2, 0.25) is 0 Å². The number of H-pyrrole nitrogens is 1. The van der Waals surface area contributed by atoms with Gasteiger partial charge in [-0.3, -0.25) is 0 Å². The van der Waals surface area contributed by atoms with E-state index in [1.807, 2.05) is 43.3 Å². The van der Waals surface area contributed by atoms with Gasteiger partial charge in [0.25, 0.3) is 0 Å². The van der Waals surface area contributed by atoms with E-state index in [0.717, 1.165) is 22.2 Å². The summed E-state index contributed by atoms with van der Waals surface area (Å²) in [6, 6.07) is 16.6. The summed E-state index contributed by atoms with van der Waals surface area (Å²) in [6.45, 7) is 8.61. The van der Waals surface area contributed by atoms with Gasteiger partial charge >= 0.3 is 0 Å². The second kappa shape index (κ2) is 5.98. The van der Waals surface area contributed by atoms with Crippen molar-refractivity contribution >= 4 is 22.7 Å². The summed E-state index contributed by atoms with van der Waals surface area (Å²) < 4.78 is 0. The predicted molar refractivity (Wildman–Crippen MR) is 99.5 cm³/mol. The van der Waals surface area contributed by atoms with Crippen LogP contribution in [0.3, 0.4) is 0 Å². The molecule has 0 spiro atoms. The Bertz CT molecular complexity index is 945. The standard InChI is InChI=1S/C21H21N3/c1-14-5-10-18-19(11-14)24-20(23-18)16(13-22)12-15-6-8-17(9-7-15)21(2,3)4/h5-12H,1-4H3,(H,23,24). The Balaban J connectivity index is 1.98. The maximum Gasteiger partial charge on any atom is 0.149 e. The first-order valence-corrected chi connectivity index (χ1v) is 8.06. The van der Waals surface area contributed by atoms with Crippen molar-refractivity contribution in [1.82, 2.24) is 9.97 Å². The average Bonchev–Trinajstić information content (AvgIpc) is 2.95. The van der Waals surface area contributed by atoms with E-state index in [9.17, 15) is 5.26 Å². The van der Waals surface area contributed by atoms with E-state index in [4.69, 9.17) is 0 Å². The van der Waals surface area contributed by atoms with Gasteiger partial charge < -0.3 is 4.98 Å². The molecule has 3 heteroatoms. The molecule has 1 aromatic heterocycles. The molecule has 0 bridgehead atoms. The lowest BCUT2D eigenvalue weighted by Crippen LogP contribution is -2.10. The van der Waals surface area contributed by atoms with Crippen LogP contribution < -0.4 is 0 Å². The number of nitriles is 1. The highest BCUT2D eigenvalue weighted by Crippen LogP contribution is 2.24. The van der Waals surface area contributed by atoms with E-state index in [-0.39, 0.29) is 5.41 Å². The number of allylic oxidation sites excluding steroid dienone is 1. The molecule has 0 amide bonds. The highest BCUT2D eigenvalue weighted by molar-refractivity contribution is 5.90. The van der Waals surface area contributed by atoms with Gasteiger partial charge in [0, 0.05) is 0 Å². The fraction of sp³-hybridized carbons (Fsp3) is 0.238. The highest BCUT2D eigenvalue weighted by Gasteiger charge is 2.13. The smallest absolute Gasteiger partial charge is 0.149 e. The molecule has 3 rings (SSSR count).